The van der Waals surface area contributed by atoms with Crippen molar-refractivity contribution in [1.82, 2.24) is 4.98 Å². The zero-order chi connectivity index (χ0) is 12.4. The van der Waals surface area contributed by atoms with E-state index in [-0.39, 0.29) is 0 Å². The molecule has 0 radical (unpaired) electrons. The van der Waals surface area contributed by atoms with Gasteiger partial charge in [0.05, 0.1) is 5.03 Å². The minimum Gasteiger partial charge on any atom is -0.350 e. The van der Waals surface area contributed by atoms with Gasteiger partial charge in [-0.25, -0.2) is 0 Å². The van der Waals surface area contributed by atoms with Gasteiger partial charge in [-0.3, -0.25) is 0 Å². The number of hydrogen-bond acceptors (Lipinski definition) is 1. The Morgan fingerprint density at radius 3 is 2.61 bits per heavy atom. The Balaban J connectivity index is 1.77. The summed E-state index contributed by atoms with van der Waals surface area (Å²) in [5, 5.41) is 4.11. The minimum absolute atomic E-state index is 0.788. The lowest BCUT2D eigenvalue weighted by Crippen LogP contribution is -1.99. The maximum Gasteiger partial charge on any atom is 0.0735 e. The number of fused-ring (bicyclic) bond motifs is 1. The SMILES string of the molecule is Clc1ccc2[nH]c(SC3CCCCCC3)cc2c1. The van der Waals surface area contributed by atoms with Crippen molar-refractivity contribution in [3.63, 3.8) is 0 Å². The average molecular weight is 280 g/mol. The predicted molar refractivity (Wildman–Crippen MR) is 80.7 cm³/mol. The molecule has 0 aliphatic heterocycles. The van der Waals surface area contributed by atoms with E-state index in [4.69, 9.17) is 11.6 Å². The quantitative estimate of drug-likeness (QED) is 0.704. The van der Waals surface area contributed by atoms with Crippen molar-refractivity contribution in [1.29, 1.82) is 0 Å². The van der Waals surface area contributed by atoms with E-state index in [1.54, 1.807) is 0 Å². The Morgan fingerprint density at radius 2 is 1.83 bits per heavy atom. The first kappa shape index (κ1) is 12.4. The van der Waals surface area contributed by atoms with Crippen molar-refractivity contribution in [3.05, 3.63) is 29.3 Å². The third-order valence-electron chi connectivity index (χ3n) is 3.65. The van der Waals surface area contributed by atoms with E-state index in [2.05, 4.69) is 17.1 Å². The molecule has 0 spiro atoms. The summed E-state index contributed by atoms with van der Waals surface area (Å²) in [6.07, 6.45) is 8.34. The van der Waals surface area contributed by atoms with Gasteiger partial charge in [0.15, 0.2) is 0 Å². The van der Waals surface area contributed by atoms with Gasteiger partial charge in [-0.2, -0.15) is 0 Å². The molecule has 1 heterocycles. The number of hydrogen-bond donors (Lipinski definition) is 1. The second-order valence-corrected chi connectivity index (χ2v) is 6.88. The molecular formula is C15H18ClNS. The summed E-state index contributed by atoms with van der Waals surface area (Å²) in [6, 6.07) is 8.27. The van der Waals surface area contributed by atoms with Crippen molar-refractivity contribution in [2.24, 2.45) is 0 Å². The van der Waals surface area contributed by atoms with Crippen molar-refractivity contribution in [2.75, 3.05) is 0 Å². The number of aromatic amines is 1. The van der Waals surface area contributed by atoms with Crippen LogP contribution in [0.15, 0.2) is 29.3 Å². The van der Waals surface area contributed by atoms with E-state index < -0.39 is 0 Å². The summed E-state index contributed by atoms with van der Waals surface area (Å²) in [5.41, 5.74) is 1.19. The van der Waals surface area contributed by atoms with Crippen LogP contribution in [0.4, 0.5) is 0 Å². The first-order valence-corrected chi connectivity index (χ1v) is 8.02. The molecule has 18 heavy (non-hydrogen) atoms. The molecule has 1 aliphatic rings. The maximum absolute atomic E-state index is 6.02. The highest BCUT2D eigenvalue weighted by Gasteiger charge is 2.14. The first-order chi connectivity index (χ1) is 8.81. The number of aromatic nitrogens is 1. The van der Waals surface area contributed by atoms with Crippen molar-refractivity contribution in [3.8, 4) is 0 Å². The third kappa shape index (κ3) is 2.86. The molecule has 1 nitrogen and oxygen atoms in total. The van der Waals surface area contributed by atoms with Crippen LogP contribution in [0.2, 0.25) is 5.02 Å². The molecule has 0 amide bonds. The Bertz CT molecular complexity index is 526. The predicted octanol–water partition coefficient (Wildman–Crippen LogP) is 5.64. The number of H-pyrrole nitrogens is 1. The van der Waals surface area contributed by atoms with E-state index >= 15 is 0 Å². The average Bonchev–Trinajstić information content (AvgIpc) is 2.57. The molecule has 1 fully saturated rings. The molecule has 0 saturated heterocycles. The standard InChI is InChI=1S/C15H18ClNS/c16-12-7-8-14-11(9-12)10-15(17-14)18-13-5-3-1-2-4-6-13/h7-10,13,17H,1-6H2. The smallest absolute Gasteiger partial charge is 0.0735 e. The molecule has 0 unspecified atom stereocenters. The van der Waals surface area contributed by atoms with Crippen LogP contribution in [0, 0.1) is 0 Å². The Kier molecular flexibility index (Phi) is 3.86. The summed E-state index contributed by atoms with van der Waals surface area (Å²) in [4.78, 5) is 3.49. The molecule has 96 valence electrons. The van der Waals surface area contributed by atoms with Crippen LogP contribution < -0.4 is 0 Å². The highest BCUT2D eigenvalue weighted by atomic mass is 35.5. The van der Waals surface area contributed by atoms with Gasteiger partial charge in [-0.05, 0) is 37.1 Å². The fourth-order valence-electron chi connectivity index (χ4n) is 2.68. The van der Waals surface area contributed by atoms with Crippen LogP contribution in [-0.4, -0.2) is 10.2 Å². The number of rotatable bonds is 2. The first-order valence-electron chi connectivity index (χ1n) is 6.76. The number of halogens is 1. The molecule has 0 atom stereocenters. The summed E-state index contributed by atoms with van der Waals surface area (Å²) in [5.74, 6) is 0. The largest absolute Gasteiger partial charge is 0.350 e. The molecule has 3 heteroatoms. The molecule has 1 N–H and O–H groups in total. The number of thioether (sulfide) groups is 1. The van der Waals surface area contributed by atoms with Gasteiger partial charge in [0, 0.05) is 21.2 Å². The molecule has 1 aromatic carbocycles. The van der Waals surface area contributed by atoms with Gasteiger partial charge in [-0.15, -0.1) is 11.8 Å². The maximum atomic E-state index is 6.02. The summed E-state index contributed by atoms with van der Waals surface area (Å²) in [7, 11) is 0. The van der Waals surface area contributed by atoms with Crippen molar-refractivity contribution >= 4 is 34.3 Å². The second kappa shape index (κ2) is 5.58. The molecule has 2 aromatic rings. The lowest BCUT2D eigenvalue weighted by molar-refractivity contribution is 0.702. The van der Waals surface area contributed by atoms with Crippen LogP contribution in [-0.2, 0) is 0 Å². The molecular weight excluding hydrogens is 262 g/mol. The van der Waals surface area contributed by atoms with Gasteiger partial charge in [0.25, 0.3) is 0 Å². The second-order valence-electron chi connectivity index (χ2n) is 5.10. The van der Waals surface area contributed by atoms with E-state index in [1.165, 1.54) is 54.5 Å². The van der Waals surface area contributed by atoms with Gasteiger partial charge >= 0.3 is 0 Å². The Morgan fingerprint density at radius 1 is 1.06 bits per heavy atom. The third-order valence-corrected chi connectivity index (χ3v) is 5.17. The van der Waals surface area contributed by atoms with Crippen LogP contribution in [0.3, 0.4) is 0 Å². The van der Waals surface area contributed by atoms with Gasteiger partial charge in [0.2, 0.25) is 0 Å². The molecule has 1 saturated carbocycles. The molecule has 3 rings (SSSR count). The zero-order valence-corrected chi connectivity index (χ0v) is 12.0. The van der Waals surface area contributed by atoms with Gasteiger partial charge in [-0.1, -0.05) is 37.3 Å². The highest BCUT2D eigenvalue weighted by Crippen LogP contribution is 2.34. The van der Waals surface area contributed by atoms with Crippen LogP contribution in [0.5, 0.6) is 0 Å². The topological polar surface area (TPSA) is 15.8 Å². The number of benzene rings is 1. The van der Waals surface area contributed by atoms with E-state index in [9.17, 15) is 0 Å². The summed E-state index contributed by atoms with van der Waals surface area (Å²) >= 11 is 8.03. The molecule has 1 aliphatic carbocycles. The summed E-state index contributed by atoms with van der Waals surface area (Å²) in [6.45, 7) is 0. The normalized spacial score (nSPS) is 18.1. The molecule has 0 bridgehead atoms. The van der Waals surface area contributed by atoms with E-state index in [0.29, 0.717) is 0 Å². The minimum atomic E-state index is 0.788. The lowest BCUT2D eigenvalue weighted by atomic mass is 10.2. The van der Waals surface area contributed by atoms with Crippen molar-refractivity contribution in [2.45, 2.75) is 48.8 Å². The fourth-order valence-corrected chi connectivity index (χ4v) is 4.15. The van der Waals surface area contributed by atoms with Crippen molar-refractivity contribution < 1.29 is 0 Å². The van der Waals surface area contributed by atoms with E-state index in [0.717, 1.165) is 10.3 Å². The Labute approximate surface area is 117 Å². The monoisotopic (exact) mass is 279 g/mol. The highest BCUT2D eigenvalue weighted by molar-refractivity contribution is 7.99. The van der Waals surface area contributed by atoms with Crippen LogP contribution in [0.25, 0.3) is 10.9 Å². The lowest BCUT2D eigenvalue weighted by Gasteiger charge is -2.11. The summed E-state index contributed by atoms with van der Waals surface area (Å²) < 4.78 is 0. The number of nitrogens with one attached hydrogen (secondary N) is 1. The van der Waals surface area contributed by atoms with Crippen LogP contribution >= 0.6 is 23.4 Å². The Hall–Kier alpha value is -0.600. The molecule has 1 aromatic heterocycles. The van der Waals surface area contributed by atoms with Crippen LogP contribution in [0.1, 0.15) is 38.5 Å². The zero-order valence-electron chi connectivity index (χ0n) is 10.4. The van der Waals surface area contributed by atoms with Gasteiger partial charge in [0.1, 0.15) is 0 Å². The van der Waals surface area contributed by atoms with Gasteiger partial charge < -0.3 is 4.98 Å². The fraction of sp³-hybridized carbons (Fsp3) is 0.467. The van der Waals surface area contributed by atoms with E-state index in [1.807, 2.05) is 23.9 Å².